The minimum atomic E-state index is -4.77. The van der Waals surface area contributed by atoms with E-state index in [4.69, 9.17) is 14.3 Å². The third-order valence-electron chi connectivity index (χ3n) is 3.33. The molecule has 10 heteroatoms. The number of carbonyl (C=O) groups is 1. The van der Waals surface area contributed by atoms with Crippen molar-refractivity contribution >= 4 is 17.8 Å². The number of benzene rings is 2. The summed E-state index contributed by atoms with van der Waals surface area (Å²) >= 11 is 0. The monoisotopic (exact) mass is 412 g/mol. The van der Waals surface area contributed by atoms with Gasteiger partial charge in [0.2, 0.25) is 0 Å². The molecule has 1 amide bonds. The fraction of sp³-hybridized carbons (Fsp3) is 0.263. The van der Waals surface area contributed by atoms with Crippen LogP contribution in [0.4, 0.5) is 18.9 Å². The van der Waals surface area contributed by atoms with Crippen molar-refractivity contribution in [2.75, 3.05) is 25.6 Å². The van der Waals surface area contributed by atoms with E-state index in [-0.39, 0.29) is 18.0 Å². The van der Waals surface area contributed by atoms with Crippen molar-refractivity contribution in [2.45, 2.75) is 13.3 Å². The standard InChI is InChI=1S/C19H19F3N2O5/c1-3-27-16-9-4-13(10-17(16)26-2)11-23-28-12-18(25)24-14-5-7-15(8-6-14)29-19(20,21)22/h4-11H,3,12H2,1-2H3,(H,24,25)/b23-11+. The van der Waals surface area contributed by atoms with Crippen LogP contribution in [0.5, 0.6) is 17.2 Å². The van der Waals surface area contributed by atoms with Crippen molar-refractivity contribution in [1.29, 1.82) is 0 Å². The number of ether oxygens (including phenoxy) is 3. The highest BCUT2D eigenvalue weighted by Gasteiger charge is 2.30. The van der Waals surface area contributed by atoms with E-state index >= 15 is 0 Å². The molecule has 0 bridgehead atoms. The first-order valence-corrected chi connectivity index (χ1v) is 8.42. The van der Waals surface area contributed by atoms with E-state index in [9.17, 15) is 18.0 Å². The number of nitrogens with zero attached hydrogens (tertiary/aromatic N) is 1. The summed E-state index contributed by atoms with van der Waals surface area (Å²) in [6.45, 7) is 1.98. The Balaban J connectivity index is 1.82. The number of nitrogens with one attached hydrogen (secondary N) is 1. The molecule has 0 unspecified atom stereocenters. The predicted octanol–water partition coefficient (Wildman–Crippen LogP) is 3.98. The molecule has 2 rings (SSSR count). The first-order valence-electron chi connectivity index (χ1n) is 8.42. The summed E-state index contributed by atoms with van der Waals surface area (Å²) in [5.41, 5.74) is 0.958. The van der Waals surface area contributed by atoms with Gasteiger partial charge in [-0.1, -0.05) is 5.16 Å². The van der Waals surface area contributed by atoms with Gasteiger partial charge >= 0.3 is 6.36 Å². The van der Waals surface area contributed by atoms with E-state index in [1.165, 1.54) is 25.5 Å². The minimum Gasteiger partial charge on any atom is -0.493 e. The summed E-state index contributed by atoms with van der Waals surface area (Å²) in [7, 11) is 1.52. The van der Waals surface area contributed by atoms with Gasteiger partial charge in [0.1, 0.15) is 5.75 Å². The number of oxime groups is 1. The average molecular weight is 412 g/mol. The van der Waals surface area contributed by atoms with Gasteiger partial charge in [0, 0.05) is 11.3 Å². The first-order chi connectivity index (χ1) is 13.8. The first kappa shape index (κ1) is 21.9. The van der Waals surface area contributed by atoms with Crippen LogP contribution in [0.15, 0.2) is 47.6 Å². The molecule has 0 aliphatic carbocycles. The lowest BCUT2D eigenvalue weighted by Crippen LogP contribution is -2.18. The van der Waals surface area contributed by atoms with Crippen molar-refractivity contribution < 1.29 is 37.0 Å². The lowest BCUT2D eigenvalue weighted by Gasteiger charge is -2.10. The van der Waals surface area contributed by atoms with Crippen molar-refractivity contribution in [1.82, 2.24) is 0 Å². The van der Waals surface area contributed by atoms with Crippen LogP contribution in [0.2, 0.25) is 0 Å². The highest BCUT2D eigenvalue weighted by Crippen LogP contribution is 2.27. The molecule has 0 spiro atoms. The topological polar surface area (TPSA) is 78.4 Å². The molecule has 0 atom stereocenters. The fourth-order valence-corrected chi connectivity index (χ4v) is 2.17. The third-order valence-corrected chi connectivity index (χ3v) is 3.33. The van der Waals surface area contributed by atoms with Crippen LogP contribution in [0, 0.1) is 0 Å². The Bertz CT molecular complexity index is 839. The van der Waals surface area contributed by atoms with Crippen molar-refractivity contribution in [3.05, 3.63) is 48.0 Å². The lowest BCUT2D eigenvalue weighted by atomic mass is 10.2. The highest BCUT2D eigenvalue weighted by molar-refractivity contribution is 5.91. The van der Waals surface area contributed by atoms with Crippen LogP contribution in [0.3, 0.4) is 0 Å². The second kappa shape index (κ2) is 10.2. The number of carbonyl (C=O) groups excluding carboxylic acids is 1. The molecule has 0 heterocycles. The molecular weight excluding hydrogens is 393 g/mol. The number of amides is 1. The maximum atomic E-state index is 12.1. The zero-order chi connectivity index (χ0) is 21.3. The number of anilines is 1. The summed E-state index contributed by atoms with van der Waals surface area (Å²) in [6, 6.07) is 9.88. The summed E-state index contributed by atoms with van der Waals surface area (Å²) in [5.74, 6) is 0.212. The number of alkyl halides is 3. The summed E-state index contributed by atoms with van der Waals surface area (Å²) in [5, 5.41) is 6.16. The molecule has 0 aromatic heterocycles. The molecule has 0 saturated carbocycles. The number of rotatable bonds is 9. The summed E-state index contributed by atoms with van der Waals surface area (Å²) in [4.78, 5) is 16.7. The van der Waals surface area contributed by atoms with Crippen LogP contribution < -0.4 is 19.5 Å². The molecule has 0 fully saturated rings. The normalized spacial score (nSPS) is 11.2. The molecule has 2 aromatic rings. The van der Waals surface area contributed by atoms with E-state index in [1.54, 1.807) is 18.2 Å². The number of methoxy groups -OCH3 is 1. The maximum Gasteiger partial charge on any atom is 0.573 e. The summed E-state index contributed by atoms with van der Waals surface area (Å²) in [6.07, 6.45) is -3.38. The van der Waals surface area contributed by atoms with Gasteiger partial charge in [-0.3, -0.25) is 4.79 Å². The van der Waals surface area contributed by atoms with Gasteiger partial charge in [0.25, 0.3) is 5.91 Å². The number of halogens is 3. The van der Waals surface area contributed by atoms with E-state index in [2.05, 4.69) is 15.2 Å². The molecule has 0 radical (unpaired) electrons. The maximum absolute atomic E-state index is 12.1. The Kier molecular flexibility index (Phi) is 7.70. The van der Waals surface area contributed by atoms with Gasteiger partial charge < -0.3 is 24.4 Å². The van der Waals surface area contributed by atoms with E-state index in [0.717, 1.165) is 12.1 Å². The quantitative estimate of drug-likeness (QED) is 0.498. The Labute approximate surface area is 165 Å². The Morgan fingerprint density at radius 2 is 1.86 bits per heavy atom. The smallest absolute Gasteiger partial charge is 0.493 e. The molecule has 0 aliphatic heterocycles. The SMILES string of the molecule is CCOc1ccc(/C=N/OCC(=O)Nc2ccc(OC(F)(F)F)cc2)cc1OC. The predicted molar refractivity (Wildman–Crippen MR) is 99.5 cm³/mol. The minimum absolute atomic E-state index is 0.286. The van der Waals surface area contributed by atoms with Gasteiger partial charge in [-0.05, 0) is 49.4 Å². The number of hydrogen-bond donors (Lipinski definition) is 1. The molecule has 2 aromatic carbocycles. The molecular formula is C19H19F3N2O5. The summed E-state index contributed by atoms with van der Waals surface area (Å²) < 4.78 is 50.7. The zero-order valence-electron chi connectivity index (χ0n) is 15.7. The molecule has 0 aliphatic rings. The van der Waals surface area contributed by atoms with Gasteiger partial charge in [0.15, 0.2) is 18.1 Å². The van der Waals surface area contributed by atoms with Gasteiger partial charge in [-0.2, -0.15) is 0 Å². The molecule has 156 valence electrons. The average Bonchev–Trinajstić information content (AvgIpc) is 2.67. The largest absolute Gasteiger partial charge is 0.573 e. The van der Waals surface area contributed by atoms with Crippen molar-refractivity contribution in [3.8, 4) is 17.2 Å². The van der Waals surface area contributed by atoms with Crippen molar-refractivity contribution in [2.24, 2.45) is 5.16 Å². The Morgan fingerprint density at radius 1 is 1.14 bits per heavy atom. The molecule has 1 N–H and O–H groups in total. The Hall–Kier alpha value is -3.43. The zero-order valence-corrected chi connectivity index (χ0v) is 15.7. The van der Waals surface area contributed by atoms with Gasteiger partial charge in [0.05, 0.1) is 19.9 Å². The number of hydrogen-bond acceptors (Lipinski definition) is 6. The lowest BCUT2D eigenvalue weighted by molar-refractivity contribution is -0.274. The van der Waals surface area contributed by atoms with Crippen LogP contribution in [-0.2, 0) is 9.63 Å². The second-order valence-electron chi connectivity index (χ2n) is 5.47. The molecule has 0 saturated heterocycles. The fourth-order valence-electron chi connectivity index (χ4n) is 2.17. The van der Waals surface area contributed by atoms with Gasteiger partial charge in [-0.15, -0.1) is 13.2 Å². The molecule has 7 nitrogen and oxygen atoms in total. The highest BCUT2D eigenvalue weighted by atomic mass is 19.4. The third kappa shape index (κ3) is 7.60. The van der Waals surface area contributed by atoms with Gasteiger partial charge in [-0.25, -0.2) is 0 Å². The second-order valence-corrected chi connectivity index (χ2v) is 5.47. The van der Waals surface area contributed by atoms with Crippen LogP contribution in [-0.4, -0.2) is 38.8 Å². The van der Waals surface area contributed by atoms with E-state index in [0.29, 0.717) is 23.7 Å². The van der Waals surface area contributed by atoms with Crippen LogP contribution >= 0.6 is 0 Å². The molecule has 29 heavy (non-hydrogen) atoms. The van der Waals surface area contributed by atoms with E-state index < -0.39 is 12.3 Å². The van der Waals surface area contributed by atoms with Crippen molar-refractivity contribution in [3.63, 3.8) is 0 Å². The van der Waals surface area contributed by atoms with Crippen LogP contribution in [0.25, 0.3) is 0 Å². The van der Waals surface area contributed by atoms with Crippen LogP contribution in [0.1, 0.15) is 12.5 Å². The Morgan fingerprint density at radius 3 is 2.48 bits per heavy atom. The van der Waals surface area contributed by atoms with E-state index in [1.807, 2.05) is 6.92 Å².